The number of hydrogen-bond acceptors (Lipinski definition) is 14. The van der Waals surface area contributed by atoms with Crippen LogP contribution < -0.4 is 45.6 Å². The standard InChI is InChI=1S/2C17H22O2.C13H11NO.2C13H17NO.C13H15NO.3C3H5ClO.2CH4/c2*1-2-14(18)5-3-4-12-6-7-13-8-9-16-15(17(12)13)10-11-19-16;1-14-8-10-3-2-9-4-5-12-11(13(9)10)6-7-15-12;3*14-7-5-10-2-1-9-3-4-12-11(13(9)10)6-8-15-12;3*1-2-3(4)5;;/h2*8-9,12H,2-7,10-11H2,1H3;4-5,8H,2-3,6-7H2;2*3-4,10H,1-2,5-8,14H2;3-5H,1-2,6-8,14H2;3*2H2,1H3;2*1H4/b;;10-8+;;;10-5-;;;;;/t12-;;;10-;;;;;;;/m1..0......./s1. The molecule has 4 atom stereocenters. The topological polar surface area (TPSA) is 223 Å². The first kappa shape index (κ1) is 92.7. The molecule has 18 heteroatoms. The summed E-state index contributed by atoms with van der Waals surface area (Å²) in [7, 11) is 0. The van der Waals surface area contributed by atoms with E-state index in [9.17, 15) is 24.0 Å². The maximum absolute atomic E-state index is 11.4. The van der Waals surface area contributed by atoms with Crippen molar-refractivity contribution in [3.8, 4) is 34.5 Å². The summed E-state index contributed by atoms with van der Waals surface area (Å²) in [5.41, 5.74) is 46.2. The van der Waals surface area contributed by atoms with Crippen LogP contribution in [-0.2, 0) is 101 Å². The first-order valence-corrected chi connectivity index (χ1v) is 43.2. The van der Waals surface area contributed by atoms with Crippen molar-refractivity contribution >= 4 is 73.2 Å². The summed E-state index contributed by atoms with van der Waals surface area (Å²) in [4.78, 5) is 54.9. The van der Waals surface area contributed by atoms with Crippen LogP contribution in [-0.4, -0.2) is 86.6 Å². The summed E-state index contributed by atoms with van der Waals surface area (Å²) in [6.07, 6.45) is 35.4. The van der Waals surface area contributed by atoms with Gasteiger partial charge in [-0.25, -0.2) is 4.85 Å². The molecular formula is C97H127Cl3N4O11. The van der Waals surface area contributed by atoms with Crippen molar-refractivity contribution in [2.75, 3.05) is 59.3 Å². The van der Waals surface area contributed by atoms with Crippen LogP contribution in [0.5, 0.6) is 34.5 Å². The number of ether oxygens (including phenoxy) is 6. The molecule has 6 N–H and O–H groups in total. The van der Waals surface area contributed by atoms with E-state index in [0.29, 0.717) is 73.9 Å². The van der Waals surface area contributed by atoms with Gasteiger partial charge in [-0.05, 0) is 301 Å². The second kappa shape index (κ2) is 47.0. The van der Waals surface area contributed by atoms with E-state index in [0.717, 1.165) is 203 Å². The molecule has 6 heterocycles. The Kier molecular flexibility index (Phi) is 37.8. The van der Waals surface area contributed by atoms with Crippen LogP contribution in [0.1, 0.15) is 295 Å². The fraction of sp³-hybridized carbons (Fsp3) is 0.526. The summed E-state index contributed by atoms with van der Waals surface area (Å²) >= 11 is 14.5. The first-order chi connectivity index (χ1) is 55.0. The second-order valence-corrected chi connectivity index (χ2v) is 32.0. The van der Waals surface area contributed by atoms with E-state index < -0.39 is 0 Å². The van der Waals surface area contributed by atoms with Gasteiger partial charge in [0.05, 0.1) is 46.2 Å². The Labute approximate surface area is 701 Å². The summed E-state index contributed by atoms with van der Waals surface area (Å²) in [6, 6.07) is 26.1. The molecule has 18 rings (SSSR count). The number of allylic oxidation sites excluding steroid dienone is 2. The van der Waals surface area contributed by atoms with Crippen molar-refractivity contribution in [2.24, 2.45) is 17.2 Å². The lowest BCUT2D eigenvalue weighted by Crippen LogP contribution is -2.06. The number of fused-ring (bicyclic) bond motifs is 18. The Morgan fingerprint density at radius 3 is 0.922 bits per heavy atom. The predicted molar refractivity (Wildman–Crippen MR) is 469 cm³/mol. The fourth-order valence-corrected chi connectivity index (χ4v) is 18.4. The van der Waals surface area contributed by atoms with Crippen molar-refractivity contribution in [1.82, 2.24) is 0 Å². The minimum Gasteiger partial charge on any atom is -0.493 e. The van der Waals surface area contributed by atoms with Crippen molar-refractivity contribution in [3.05, 3.63) is 197 Å². The number of halogens is 3. The van der Waals surface area contributed by atoms with Gasteiger partial charge in [0.15, 0.2) is 6.20 Å². The lowest BCUT2D eigenvalue weighted by molar-refractivity contribution is -0.119. The SMILES string of the molecule is C.C.CCC(=O)CCCC1CCc2ccc3c(c21)CCO3.CCC(=O)CCC[C@@H]1CCc2ccc3c(c21)CCO3.CCC(=O)Cl.CCC(=O)Cl.CCC(=O)Cl.NC/C=C1/CCc2ccc3c(c21)CCO3.NCCC1CCc2ccc3c(c21)CCO3.NCC[C@@H]1CCc2ccc3c(c21)CCO3.[C-]#[N+]/C=C1\CCc2ccc3c(c21)CCO3. The third kappa shape index (κ3) is 24.2. The molecule has 0 amide bonds. The molecule has 0 fully saturated rings. The van der Waals surface area contributed by atoms with Gasteiger partial charge in [-0.3, -0.25) is 24.0 Å². The number of nitrogens with zero attached hydrogens (tertiary/aromatic N) is 1. The van der Waals surface area contributed by atoms with E-state index in [1.54, 1.807) is 49.2 Å². The van der Waals surface area contributed by atoms with Crippen molar-refractivity contribution < 1.29 is 52.4 Å². The summed E-state index contributed by atoms with van der Waals surface area (Å²) in [5.74, 6) is 10.1. The Hall–Kier alpha value is -7.81. The molecule has 0 aromatic heterocycles. The maximum Gasteiger partial charge on any atom is 0.221 e. The van der Waals surface area contributed by atoms with Gasteiger partial charge in [0.25, 0.3) is 0 Å². The maximum atomic E-state index is 11.4. The number of carbonyl (C=O) groups is 5. The van der Waals surface area contributed by atoms with E-state index in [-0.39, 0.29) is 30.6 Å². The van der Waals surface area contributed by atoms with Crippen LogP contribution in [0.2, 0.25) is 0 Å². The van der Waals surface area contributed by atoms with Gasteiger partial charge in [-0.15, -0.1) is 0 Å². The monoisotopic (exact) mass is 1630 g/mol. The number of benzene rings is 6. The number of ketones is 2. The van der Waals surface area contributed by atoms with Crippen molar-refractivity contribution in [1.29, 1.82) is 0 Å². The van der Waals surface area contributed by atoms with Crippen LogP contribution in [0.4, 0.5) is 0 Å². The lowest BCUT2D eigenvalue weighted by atomic mass is 9.90. The zero-order valence-corrected chi connectivity index (χ0v) is 69.7. The zero-order chi connectivity index (χ0) is 80.3. The molecule has 12 aliphatic rings. The van der Waals surface area contributed by atoms with Gasteiger partial charge in [0, 0.05) is 123 Å². The fourth-order valence-electron chi connectivity index (χ4n) is 18.4. The average molecular weight is 1630 g/mol. The van der Waals surface area contributed by atoms with E-state index in [2.05, 4.69) is 83.7 Å². The van der Waals surface area contributed by atoms with Crippen LogP contribution in [0.15, 0.2) is 85.1 Å². The highest BCUT2D eigenvalue weighted by molar-refractivity contribution is 6.64. The van der Waals surface area contributed by atoms with Gasteiger partial charge in [-0.2, -0.15) is 0 Å². The average Bonchev–Trinajstić information content (AvgIpc) is 1.68. The minimum atomic E-state index is -0.273. The molecule has 0 saturated carbocycles. The predicted octanol–water partition coefficient (Wildman–Crippen LogP) is 21.1. The summed E-state index contributed by atoms with van der Waals surface area (Å²) in [6.45, 7) is 23.3. The van der Waals surface area contributed by atoms with Gasteiger partial charge < -0.3 is 45.6 Å². The molecule has 6 aromatic rings. The molecule has 0 bridgehead atoms. The van der Waals surface area contributed by atoms with Crippen LogP contribution >= 0.6 is 34.8 Å². The van der Waals surface area contributed by atoms with Crippen LogP contribution in [0, 0.1) is 6.57 Å². The molecule has 0 saturated heterocycles. The first-order valence-electron chi connectivity index (χ1n) is 42.1. The highest BCUT2D eigenvalue weighted by Gasteiger charge is 2.34. The molecule has 15 nitrogen and oxygen atoms in total. The molecule has 2 unspecified atom stereocenters. The zero-order valence-electron chi connectivity index (χ0n) is 67.5. The minimum absolute atomic E-state index is 0. The lowest BCUT2D eigenvalue weighted by Gasteiger charge is -2.14. The third-order valence-corrected chi connectivity index (χ3v) is 24.7. The van der Waals surface area contributed by atoms with Gasteiger partial charge in [-0.1, -0.05) is 91.9 Å². The molecule has 115 heavy (non-hydrogen) atoms. The molecular weight excluding hydrogens is 1500 g/mol. The Bertz CT molecular complexity index is 4220. The summed E-state index contributed by atoms with van der Waals surface area (Å²) < 4.78 is 33.7. The van der Waals surface area contributed by atoms with Crippen molar-refractivity contribution in [2.45, 2.75) is 272 Å². The Balaban J connectivity index is 0.000000166. The number of hydrogen-bond donors (Lipinski definition) is 3. The Morgan fingerprint density at radius 2 is 0.643 bits per heavy atom. The smallest absolute Gasteiger partial charge is 0.221 e. The largest absolute Gasteiger partial charge is 0.493 e. The molecule has 6 aliphatic heterocycles. The van der Waals surface area contributed by atoms with Crippen LogP contribution in [0.3, 0.4) is 0 Å². The normalized spacial score (nSPS) is 18.6. The quantitative estimate of drug-likeness (QED) is 0.0538. The van der Waals surface area contributed by atoms with E-state index >= 15 is 0 Å². The molecule has 0 spiro atoms. The number of nitrogens with two attached hydrogens (primary N) is 3. The van der Waals surface area contributed by atoms with E-state index in [1.807, 2.05) is 13.8 Å². The molecule has 622 valence electrons. The molecule has 0 radical (unpaired) electrons. The highest BCUT2D eigenvalue weighted by Crippen LogP contribution is 2.49. The highest BCUT2D eigenvalue weighted by atomic mass is 35.5. The molecule has 6 aliphatic carbocycles. The van der Waals surface area contributed by atoms with Gasteiger partial charge in [0.1, 0.15) is 46.1 Å². The number of Topliss-reactive ketones (excluding diaryl/α,β-unsaturated/α-hetero) is 2. The Morgan fingerprint density at radius 1 is 0.374 bits per heavy atom. The van der Waals surface area contributed by atoms with E-state index in [1.165, 1.54) is 140 Å². The van der Waals surface area contributed by atoms with Gasteiger partial charge >= 0.3 is 0 Å². The molecule has 6 aromatic carbocycles. The van der Waals surface area contributed by atoms with Gasteiger partial charge in [0.2, 0.25) is 15.7 Å². The summed E-state index contributed by atoms with van der Waals surface area (Å²) in [5, 5.41) is -0.819. The van der Waals surface area contributed by atoms with Crippen LogP contribution in [0.25, 0.3) is 16.0 Å². The van der Waals surface area contributed by atoms with Crippen molar-refractivity contribution in [3.63, 3.8) is 0 Å². The number of carbonyl (C=O) groups excluding carboxylic acids is 5. The number of aryl methyl sites for hydroxylation is 6. The second-order valence-electron chi connectivity index (χ2n) is 30.7. The third-order valence-electron chi connectivity index (χ3n) is 23.9. The van der Waals surface area contributed by atoms with E-state index in [4.69, 9.17) is 87.0 Å². The number of rotatable bonds is 18.